The molecule has 0 aliphatic carbocycles. The molecule has 0 aliphatic rings. The SMILES string of the molecule is CC(C)CCC(NCCCO)C(C)(C)C. The smallest absolute Gasteiger partial charge is 0.0443 e. The van der Waals surface area contributed by atoms with Gasteiger partial charge in [0.15, 0.2) is 0 Å². The van der Waals surface area contributed by atoms with E-state index in [0.717, 1.165) is 18.9 Å². The van der Waals surface area contributed by atoms with Gasteiger partial charge >= 0.3 is 0 Å². The summed E-state index contributed by atoms with van der Waals surface area (Å²) >= 11 is 0. The summed E-state index contributed by atoms with van der Waals surface area (Å²) < 4.78 is 0. The molecule has 0 spiro atoms. The van der Waals surface area contributed by atoms with Gasteiger partial charge in [-0.05, 0) is 37.1 Å². The van der Waals surface area contributed by atoms with E-state index in [1.165, 1.54) is 12.8 Å². The highest BCUT2D eigenvalue weighted by molar-refractivity contribution is 4.80. The number of hydrogen-bond acceptors (Lipinski definition) is 2. The third-order valence-corrected chi connectivity index (χ3v) is 2.80. The van der Waals surface area contributed by atoms with Crippen LogP contribution < -0.4 is 5.32 Å². The molecule has 0 saturated carbocycles. The minimum absolute atomic E-state index is 0.286. The molecule has 0 amide bonds. The highest BCUT2D eigenvalue weighted by atomic mass is 16.3. The Kier molecular flexibility index (Phi) is 7.20. The van der Waals surface area contributed by atoms with Crippen LogP contribution in [0.2, 0.25) is 0 Å². The predicted octanol–water partition coefficient (Wildman–Crippen LogP) is 2.81. The molecule has 0 saturated heterocycles. The maximum atomic E-state index is 8.76. The Morgan fingerprint density at radius 2 is 1.73 bits per heavy atom. The molecule has 2 N–H and O–H groups in total. The van der Waals surface area contributed by atoms with E-state index in [1.54, 1.807) is 0 Å². The lowest BCUT2D eigenvalue weighted by molar-refractivity contribution is 0.229. The van der Waals surface area contributed by atoms with Crippen LogP contribution in [0.3, 0.4) is 0 Å². The van der Waals surface area contributed by atoms with Crippen LogP contribution in [0.1, 0.15) is 53.9 Å². The molecule has 0 aromatic rings. The van der Waals surface area contributed by atoms with Crippen molar-refractivity contribution in [1.82, 2.24) is 5.32 Å². The predicted molar refractivity (Wildman–Crippen MR) is 67.0 cm³/mol. The van der Waals surface area contributed by atoms with Crippen LogP contribution in [0.25, 0.3) is 0 Å². The van der Waals surface area contributed by atoms with Gasteiger partial charge in [-0.3, -0.25) is 0 Å². The molecule has 0 radical (unpaired) electrons. The lowest BCUT2D eigenvalue weighted by Gasteiger charge is -2.32. The van der Waals surface area contributed by atoms with Gasteiger partial charge in [-0.15, -0.1) is 0 Å². The first-order valence-corrected chi connectivity index (χ1v) is 6.22. The van der Waals surface area contributed by atoms with E-state index in [-0.39, 0.29) is 6.61 Å². The summed E-state index contributed by atoms with van der Waals surface area (Å²) in [4.78, 5) is 0. The normalized spacial score (nSPS) is 14.6. The maximum Gasteiger partial charge on any atom is 0.0443 e. The van der Waals surface area contributed by atoms with Crippen LogP contribution >= 0.6 is 0 Å². The van der Waals surface area contributed by atoms with Crippen LogP contribution in [0, 0.1) is 11.3 Å². The van der Waals surface area contributed by atoms with Crippen molar-refractivity contribution in [3.8, 4) is 0 Å². The van der Waals surface area contributed by atoms with E-state index < -0.39 is 0 Å². The summed E-state index contributed by atoms with van der Waals surface area (Å²) in [7, 11) is 0. The highest BCUT2D eigenvalue weighted by Crippen LogP contribution is 2.24. The lowest BCUT2D eigenvalue weighted by atomic mass is 9.83. The summed E-state index contributed by atoms with van der Waals surface area (Å²) in [5, 5.41) is 12.3. The first kappa shape index (κ1) is 14.9. The molecule has 0 aromatic carbocycles. The zero-order valence-electron chi connectivity index (χ0n) is 11.1. The summed E-state index contributed by atoms with van der Waals surface area (Å²) in [6.07, 6.45) is 3.36. The summed E-state index contributed by atoms with van der Waals surface area (Å²) in [5.74, 6) is 0.773. The van der Waals surface area contributed by atoms with Gasteiger partial charge in [0, 0.05) is 12.6 Å². The molecule has 1 unspecified atom stereocenters. The van der Waals surface area contributed by atoms with E-state index >= 15 is 0 Å². The fraction of sp³-hybridized carbons (Fsp3) is 1.00. The molecule has 0 aromatic heterocycles. The van der Waals surface area contributed by atoms with Gasteiger partial charge in [-0.1, -0.05) is 34.6 Å². The molecule has 0 fully saturated rings. The highest BCUT2D eigenvalue weighted by Gasteiger charge is 2.23. The third kappa shape index (κ3) is 7.80. The number of nitrogens with one attached hydrogen (secondary N) is 1. The van der Waals surface area contributed by atoms with Crippen LogP contribution in [0.15, 0.2) is 0 Å². The summed E-state index contributed by atoms with van der Waals surface area (Å²) in [6, 6.07) is 0.562. The maximum absolute atomic E-state index is 8.76. The zero-order valence-corrected chi connectivity index (χ0v) is 11.1. The van der Waals surface area contributed by atoms with Crippen molar-refractivity contribution >= 4 is 0 Å². The molecule has 0 aliphatic heterocycles. The minimum atomic E-state index is 0.286. The summed E-state index contributed by atoms with van der Waals surface area (Å²) in [6.45, 7) is 12.6. The third-order valence-electron chi connectivity index (χ3n) is 2.80. The largest absolute Gasteiger partial charge is 0.396 e. The van der Waals surface area contributed by atoms with Crippen molar-refractivity contribution < 1.29 is 5.11 Å². The Bertz CT molecular complexity index is 149. The molecular weight excluding hydrogens is 186 g/mol. The second-order valence-corrected chi connectivity index (χ2v) is 5.92. The number of aliphatic hydroxyl groups is 1. The van der Waals surface area contributed by atoms with Crippen molar-refractivity contribution in [3.63, 3.8) is 0 Å². The zero-order chi connectivity index (χ0) is 11.9. The standard InChI is InChI=1S/C13H29NO/c1-11(2)7-8-12(13(3,4)5)14-9-6-10-15/h11-12,14-15H,6-10H2,1-5H3. The van der Waals surface area contributed by atoms with Crippen molar-refractivity contribution in [2.75, 3.05) is 13.2 Å². The van der Waals surface area contributed by atoms with Gasteiger partial charge < -0.3 is 10.4 Å². The monoisotopic (exact) mass is 215 g/mol. The average Bonchev–Trinajstić information content (AvgIpc) is 2.08. The molecular formula is C13H29NO. The van der Waals surface area contributed by atoms with E-state index in [9.17, 15) is 0 Å². The molecule has 0 bridgehead atoms. The first-order valence-electron chi connectivity index (χ1n) is 6.22. The molecule has 92 valence electrons. The van der Waals surface area contributed by atoms with Gasteiger partial charge in [-0.25, -0.2) is 0 Å². The topological polar surface area (TPSA) is 32.3 Å². The lowest BCUT2D eigenvalue weighted by Crippen LogP contribution is -2.41. The Balaban J connectivity index is 3.96. The Morgan fingerprint density at radius 1 is 1.13 bits per heavy atom. The van der Waals surface area contributed by atoms with Crippen molar-refractivity contribution in [2.24, 2.45) is 11.3 Å². The first-order chi connectivity index (χ1) is 6.88. The molecule has 0 rings (SSSR count). The van der Waals surface area contributed by atoms with E-state index in [4.69, 9.17) is 5.11 Å². The van der Waals surface area contributed by atoms with Gasteiger partial charge in [0.1, 0.15) is 0 Å². The Hall–Kier alpha value is -0.0800. The van der Waals surface area contributed by atoms with Crippen LogP contribution in [-0.2, 0) is 0 Å². The minimum Gasteiger partial charge on any atom is -0.396 e. The Labute approximate surface area is 95.5 Å². The van der Waals surface area contributed by atoms with Gasteiger partial charge in [0.2, 0.25) is 0 Å². The van der Waals surface area contributed by atoms with Crippen LogP contribution in [-0.4, -0.2) is 24.3 Å². The Morgan fingerprint density at radius 3 is 2.13 bits per heavy atom. The molecule has 2 heteroatoms. The number of hydrogen-bond donors (Lipinski definition) is 2. The number of rotatable bonds is 7. The molecule has 2 nitrogen and oxygen atoms in total. The van der Waals surface area contributed by atoms with E-state index in [0.29, 0.717) is 11.5 Å². The molecule has 0 heterocycles. The fourth-order valence-corrected chi connectivity index (χ4v) is 1.70. The van der Waals surface area contributed by atoms with Crippen LogP contribution in [0.5, 0.6) is 0 Å². The van der Waals surface area contributed by atoms with Gasteiger partial charge in [-0.2, -0.15) is 0 Å². The van der Waals surface area contributed by atoms with Crippen molar-refractivity contribution in [1.29, 1.82) is 0 Å². The van der Waals surface area contributed by atoms with E-state index in [1.807, 2.05) is 0 Å². The molecule has 1 atom stereocenters. The van der Waals surface area contributed by atoms with Crippen LogP contribution in [0.4, 0.5) is 0 Å². The second kappa shape index (κ2) is 7.24. The average molecular weight is 215 g/mol. The van der Waals surface area contributed by atoms with E-state index in [2.05, 4.69) is 39.9 Å². The summed E-state index contributed by atoms with van der Waals surface area (Å²) in [5.41, 5.74) is 0.310. The van der Waals surface area contributed by atoms with Crippen molar-refractivity contribution in [2.45, 2.75) is 59.9 Å². The second-order valence-electron chi connectivity index (χ2n) is 5.92. The fourth-order valence-electron chi connectivity index (χ4n) is 1.70. The quantitative estimate of drug-likeness (QED) is 0.640. The van der Waals surface area contributed by atoms with Crippen molar-refractivity contribution in [3.05, 3.63) is 0 Å². The molecule has 15 heavy (non-hydrogen) atoms. The van der Waals surface area contributed by atoms with Gasteiger partial charge in [0.05, 0.1) is 0 Å². The number of aliphatic hydroxyl groups excluding tert-OH is 1. The van der Waals surface area contributed by atoms with Gasteiger partial charge in [0.25, 0.3) is 0 Å².